The van der Waals surface area contributed by atoms with Gasteiger partial charge in [0.05, 0.1) is 18.0 Å². The maximum atomic E-state index is 5.06. The van der Waals surface area contributed by atoms with Crippen LogP contribution in [0.1, 0.15) is 30.7 Å². The Kier molecular flexibility index (Phi) is 5.67. The molecule has 1 fully saturated rings. The summed E-state index contributed by atoms with van der Waals surface area (Å²) in [6.07, 6.45) is 3.65. The standard InChI is InChI=1S/C14H25N5O/c1-11-12(2)17-18-14(16-11)19-8-5-4-6-13(19)10-15-7-9-20-3/h13,15H,4-10H2,1-3H3. The Morgan fingerprint density at radius 3 is 2.85 bits per heavy atom. The van der Waals surface area contributed by atoms with Gasteiger partial charge in [0.1, 0.15) is 0 Å². The molecule has 2 heterocycles. The monoisotopic (exact) mass is 279 g/mol. The van der Waals surface area contributed by atoms with Crippen molar-refractivity contribution in [3.05, 3.63) is 11.4 Å². The largest absolute Gasteiger partial charge is 0.383 e. The molecule has 0 radical (unpaired) electrons. The number of ether oxygens (including phenoxy) is 1. The summed E-state index contributed by atoms with van der Waals surface area (Å²) in [5.41, 5.74) is 1.87. The first kappa shape index (κ1) is 15.1. The molecule has 0 spiro atoms. The predicted octanol–water partition coefficient (Wildman–Crippen LogP) is 1.08. The van der Waals surface area contributed by atoms with Crippen LogP contribution in [0.5, 0.6) is 0 Å². The summed E-state index contributed by atoms with van der Waals surface area (Å²) in [5, 5.41) is 11.9. The lowest BCUT2D eigenvalue weighted by Crippen LogP contribution is -2.47. The van der Waals surface area contributed by atoms with E-state index >= 15 is 0 Å². The van der Waals surface area contributed by atoms with Crippen molar-refractivity contribution >= 4 is 5.95 Å². The van der Waals surface area contributed by atoms with Gasteiger partial charge < -0.3 is 15.0 Å². The molecule has 0 aromatic carbocycles. The van der Waals surface area contributed by atoms with E-state index in [1.54, 1.807) is 7.11 Å². The lowest BCUT2D eigenvalue weighted by Gasteiger charge is -2.35. The van der Waals surface area contributed by atoms with Gasteiger partial charge in [0.25, 0.3) is 0 Å². The van der Waals surface area contributed by atoms with Crippen molar-refractivity contribution in [2.45, 2.75) is 39.2 Å². The van der Waals surface area contributed by atoms with Crippen molar-refractivity contribution in [3.8, 4) is 0 Å². The van der Waals surface area contributed by atoms with Crippen LogP contribution < -0.4 is 10.2 Å². The highest BCUT2D eigenvalue weighted by molar-refractivity contribution is 5.32. The van der Waals surface area contributed by atoms with Gasteiger partial charge in [-0.15, -0.1) is 5.10 Å². The Hall–Kier alpha value is -1.27. The number of piperidine rings is 1. The van der Waals surface area contributed by atoms with Crippen LogP contribution >= 0.6 is 0 Å². The number of rotatable bonds is 6. The van der Waals surface area contributed by atoms with Gasteiger partial charge in [-0.3, -0.25) is 0 Å². The van der Waals surface area contributed by atoms with Crippen LogP contribution in [0.3, 0.4) is 0 Å². The normalized spacial score (nSPS) is 19.4. The second-order valence-electron chi connectivity index (χ2n) is 5.32. The second-order valence-corrected chi connectivity index (χ2v) is 5.32. The third-order valence-corrected chi connectivity index (χ3v) is 3.83. The highest BCUT2D eigenvalue weighted by Gasteiger charge is 2.24. The van der Waals surface area contributed by atoms with E-state index in [-0.39, 0.29) is 0 Å². The van der Waals surface area contributed by atoms with Crippen LogP contribution in [0.4, 0.5) is 5.95 Å². The molecule has 2 rings (SSSR count). The summed E-state index contributed by atoms with van der Waals surface area (Å²) in [7, 11) is 1.73. The van der Waals surface area contributed by atoms with E-state index < -0.39 is 0 Å². The molecule has 0 saturated carbocycles. The first-order valence-electron chi connectivity index (χ1n) is 7.36. The van der Waals surface area contributed by atoms with E-state index in [1.807, 2.05) is 13.8 Å². The summed E-state index contributed by atoms with van der Waals surface area (Å²) in [6, 6.07) is 0.449. The molecular weight excluding hydrogens is 254 g/mol. The Morgan fingerprint density at radius 1 is 1.25 bits per heavy atom. The predicted molar refractivity (Wildman–Crippen MR) is 79.0 cm³/mol. The van der Waals surface area contributed by atoms with Crippen LogP contribution in [0.25, 0.3) is 0 Å². The molecule has 0 aliphatic carbocycles. The van der Waals surface area contributed by atoms with Gasteiger partial charge in [0, 0.05) is 32.8 Å². The van der Waals surface area contributed by atoms with Crippen molar-refractivity contribution in [2.24, 2.45) is 0 Å². The summed E-state index contributed by atoms with van der Waals surface area (Å²) in [6.45, 7) is 7.52. The molecule has 1 atom stereocenters. The maximum Gasteiger partial charge on any atom is 0.245 e. The zero-order chi connectivity index (χ0) is 14.4. The van der Waals surface area contributed by atoms with Crippen molar-refractivity contribution in [1.29, 1.82) is 0 Å². The molecule has 1 aromatic heterocycles. The van der Waals surface area contributed by atoms with E-state index in [0.717, 1.165) is 43.6 Å². The molecule has 1 aliphatic rings. The van der Waals surface area contributed by atoms with Crippen molar-refractivity contribution in [1.82, 2.24) is 20.5 Å². The molecule has 1 aliphatic heterocycles. The van der Waals surface area contributed by atoms with Gasteiger partial charge in [0.15, 0.2) is 0 Å². The minimum absolute atomic E-state index is 0.449. The Bertz CT molecular complexity index is 426. The van der Waals surface area contributed by atoms with E-state index in [9.17, 15) is 0 Å². The van der Waals surface area contributed by atoms with E-state index in [2.05, 4.69) is 25.4 Å². The van der Waals surface area contributed by atoms with E-state index in [1.165, 1.54) is 19.3 Å². The van der Waals surface area contributed by atoms with Gasteiger partial charge >= 0.3 is 0 Å². The number of anilines is 1. The summed E-state index contributed by atoms with van der Waals surface area (Å²) in [4.78, 5) is 6.89. The first-order valence-corrected chi connectivity index (χ1v) is 7.36. The smallest absolute Gasteiger partial charge is 0.245 e. The molecule has 0 amide bonds. The lowest BCUT2D eigenvalue weighted by molar-refractivity contribution is 0.198. The molecule has 112 valence electrons. The first-order chi connectivity index (χ1) is 9.72. The van der Waals surface area contributed by atoms with Crippen LogP contribution in [0.15, 0.2) is 0 Å². The van der Waals surface area contributed by atoms with E-state index in [0.29, 0.717) is 6.04 Å². The SMILES string of the molecule is COCCNCC1CCCCN1c1nnc(C)c(C)n1. The molecule has 20 heavy (non-hydrogen) atoms. The van der Waals surface area contributed by atoms with Crippen molar-refractivity contribution in [3.63, 3.8) is 0 Å². The third kappa shape index (κ3) is 3.86. The molecule has 6 heteroatoms. The number of nitrogens with zero attached hydrogens (tertiary/aromatic N) is 4. The molecule has 1 unspecified atom stereocenters. The van der Waals surface area contributed by atoms with Gasteiger partial charge in [0.2, 0.25) is 5.95 Å². The summed E-state index contributed by atoms with van der Waals surface area (Å²) in [5.74, 6) is 0.770. The Labute approximate surface area is 120 Å². The van der Waals surface area contributed by atoms with Crippen LogP contribution in [0.2, 0.25) is 0 Å². The minimum atomic E-state index is 0.449. The maximum absolute atomic E-state index is 5.06. The fourth-order valence-electron chi connectivity index (χ4n) is 2.49. The summed E-state index contributed by atoms with van der Waals surface area (Å²) >= 11 is 0. The average Bonchev–Trinajstić information content (AvgIpc) is 2.47. The molecule has 1 N–H and O–H groups in total. The number of hydrogen-bond donors (Lipinski definition) is 1. The molecule has 6 nitrogen and oxygen atoms in total. The quantitative estimate of drug-likeness (QED) is 0.786. The number of methoxy groups -OCH3 is 1. The van der Waals surface area contributed by atoms with Crippen molar-refractivity contribution < 1.29 is 4.74 Å². The minimum Gasteiger partial charge on any atom is -0.383 e. The molecular formula is C14H25N5O. The van der Waals surface area contributed by atoms with Gasteiger partial charge in [-0.1, -0.05) is 0 Å². The zero-order valence-corrected chi connectivity index (χ0v) is 12.7. The summed E-state index contributed by atoms with van der Waals surface area (Å²) < 4.78 is 5.06. The number of hydrogen-bond acceptors (Lipinski definition) is 6. The lowest BCUT2D eigenvalue weighted by atomic mass is 10.0. The highest BCUT2D eigenvalue weighted by Crippen LogP contribution is 2.21. The third-order valence-electron chi connectivity index (χ3n) is 3.83. The second kappa shape index (κ2) is 7.50. The highest BCUT2D eigenvalue weighted by atomic mass is 16.5. The van der Waals surface area contributed by atoms with Gasteiger partial charge in [-0.2, -0.15) is 5.10 Å². The molecule has 1 aromatic rings. The fraction of sp³-hybridized carbons (Fsp3) is 0.786. The molecule has 0 bridgehead atoms. The van der Waals surface area contributed by atoms with Gasteiger partial charge in [-0.25, -0.2) is 4.98 Å². The average molecular weight is 279 g/mol. The number of aromatic nitrogens is 3. The molecule has 1 saturated heterocycles. The van der Waals surface area contributed by atoms with Crippen molar-refractivity contribution in [2.75, 3.05) is 38.3 Å². The number of aryl methyl sites for hydroxylation is 2. The fourth-order valence-corrected chi connectivity index (χ4v) is 2.49. The Balaban J connectivity index is 2.00. The van der Waals surface area contributed by atoms with Gasteiger partial charge in [-0.05, 0) is 33.1 Å². The van der Waals surface area contributed by atoms with Crippen LogP contribution in [-0.4, -0.2) is 54.6 Å². The van der Waals surface area contributed by atoms with Crippen LogP contribution in [-0.2, 0) is 4.74 Å². The number of nitrogens with one attached hydrogen (secondary N) is 1. The Morgan fingerprint density at radius 2 is 2.10 bits per heavy atom. The van der Waals surface area contributed by atoms with Crippen LogP contribution in [0, 0.1) is 13.8 Å². The van der Waals surface area contributed by atoms with E-state index in [4.69, 9.17) is 4.74 Å². The zero-order valence-electron chi connectivity index (χ0n) is 12.7. The topological polar surface area (TPSA) is 63.2 Å².